The molecule has 2 aromatic carbocycles. The van der Waals surface area contributed by atoms with Crippen LogP contribution in [-0.4, -0.2) is 27.3 Å². The molecule has 0 saturated heterocycles. The molecule has 0 saturated carbocycles. The molecule has 130 valence electrons. The Kier molecular flexibility index (Phi) is 4.21. The number of amides is 1. The summed E-state index contributed by atoms with van der Waals surface area (Å²) in [4.78, 5) is 23.2. The van der Waals surface area contributed by atoms with Crippen LogP contribution in [0, 0.1) is 5.82 Å². The van der Waals surface area contributed by atoms with E-state index in [0.29, 0.717) is 25.3 Å². The van der Waals surface area contributed by atoms with Gasteiger partial charge in [0.2, 0.25) is 5.91 Å². The Labute approximate surface area is 151 Å². The van der Waals surface area contributed by atoms with Gasteiger partial charge in [-0.15, -0.1) is 0 Å². The lowest BCUT2D eigenvalue weighted by molar-refractivity contribution is -0.129. The van der Waals surface area contributed by atoms with Gasteiger partial charge in [-0.25, -0.2) is 14.4 Å². The Balaban J connectivity index is 1.88. The van der Waals surface area contributed by atoms with Crippen molar-refractivity contribution in [3.63, 3.8) is 0 Å². The van der Waals surface area contributed by atoms with Crippen LogP contribution in [0.15, 0.2) is 54.6 Å². The number of aromatic nitrogens is 2. The quantitative estimate of drug-likeness (QED) is 0.707. The van der Waals surface area contributed by atoms with Crippen molar-refractivity contribution in [2.45, 2.75) is 19.9 Å². The molecule has 0 aliphatic carbocycles. The van der Waals surface area contributed by atoms with E-state index in [4.69, 9.17) is 9.97 Å². The fraction of sp³-hybridized carbons (Fsp3) is 0.190. The first-order chi connectivity index (χ1) is 12.6. The van der Waals surface area contributed by atoms with Crippen LogP contribution in [-0.2, 0) is 17.8 Å². The molecule has 0 fully saturated rings. The lowest BCUT2D eigenvalue weighted by Gasteiger charge is -2.29. The van der Waals surface area contributed by atoms with Gasteiger partial charge in [0, 0.05) is 43.1 Å². The van der Waals surface area contributed by atoms with Gasteiger partial charge in [-0.2, -0.15) is 0 Å². The molecule has 1 amide bonds. The zero-order chi connectivity index (χ0) is 18.1. The van der Waals surface area contributed by atoms with Crippen LogP contribution in [0.2, 0.25) is 0 Å². The van der Waals surface area contributed by atoms with E-state index in [2.05, 4.69) is 0 Å². The van der Waals surface area contributed by atoms with E-state index in [-0.39, 0.29) is 11.7 Å². The molecular weight excluding hydrogens is 329 g/mol. The van der Waals surface area contributed by atoms with Crippen molar-refractivity contribution in [1.82, 2.24) is 14.9 Å². The molecule has 0 radical (unpaired) electrons. The number of rotatable bonds is 2. The van der Waals surface area contributed by atoms with E-state index in [0.717, 1.165) is 28.1 Å². The second kappa shape index (κ2) is 6.67. The first kappa shape index (κ1) is 16.4. The maximum Gasteiger partial charge on any atom is 0.219 e. The third-order valence-electron chi connectivity index (χ3n) is 4.66. The van der Waals surface area contributed by atoms with Gasteiger partial charge >= 0.3 is 0 Å². The van der Waals surface area contributed by atoms with Crippen LogP contribution >= 0.6 is 0 Å². The highest BCUT2D eigenvalue weighted by Gasteiger charge is 2.24. The number of carbonyl (C=O) groups is 1. The minimum absolute atomic E-state index is 0.0350. The number of benzene rings is 2. The fourth-order valence-electron chi connectivity index (χ4n) is 3.25. The number of hydrogen-bond acceptors (Lipinski definition) is 3. The zero-order valence-corrected chi connectivity index (χ0v) is 14.4. The molecule has 0 atom stereocenters. The first-order valence-corrected chi connectivity index (χ1v) is 8.58. The van der Waals surface area contributed by atoms with Crippen molar-refractivity contribution < 1.29 is 9.18 Å². The summed E-state index contributed by atoms with van der Waals surface area (Å²) in [5.74, 6) is 0.401. The lowest BCUT2D eigenvalue weighted by Crippen LogP contribution is -2.35. The summed E-state index contributed by atoms with van der Waals surface area (Å²) >= 11 is 0. The Morgan fingerprint density at radius 1 is 1.00 bits per heavy atom. The minimum atomic E-state index is -0.287. The van der Waals surface area contributed by atoms with Gasteiger partial charge in [0.05, 0.1) is 11.4 Å². The molecule has 2 heterocycles. The van der Waals surface area contributed by atoms with Crippen LogP contribution in [0.1, 0.15) is 18.2 Å². The molecule has 1 aliphatic heterocycles. The van der Waals surface area contributed by atoms with Crippen LogP contribution in [0.5, 0.6) is 0 Å². The minimum Gasteiger partial charge on any atom is -0.338 e. The molecular formula is C21H18FN3O. The Bertz CT molecular complexity index is 955. The number of hydrogen-bond donors (Lipinski definition) is 0. The Hall–Kier alpha value is -3.08. The van der Waals surface area contributed by atoms with Crippen LogP contribution in [0.25, 0.3) is 22.6 Å². The number of halogens is 1. The van der Waals surface area contributed by atoms with E-state index in [1.54, 1.807) is 24.0 Å². The fourth-order valence-corrected chi connectivity index (χ4v) is 3.25. The Morgan fingerprint density at radius 3 is 2.42 bits per heavy atom. The van der Waals surface area contributed by atoms with Crippen LogP contribution in [0.3, 0.4) is 0 Å². The van der Waals surface area contributed by atoms with E-state index >= 15 is 0 Å². The van der Waals surface area contributed by atoms with Crippen LogP contribution in [0.4, 0.5) is 4.39 Å². The van der Waals surface area contributed by atoms with Crippen molar-refractivity contribution in [1.29, 1.82) is 0 Å². The second-order valence-corrected chi connectivity index (χ2v) is 6.38. The van der Waals surface area contributed by atoms with E-state index in [1.807, 2.05) is 30.3 Å². The normalized spacial score (nSPS) is 13.4. The molecule has 5 heteroatoms. The molecule has 0 unspecified atom stereocenters. The predicted octanol–water partition coefficient (Wildman–Crippen LogP) is 3.85. The number of carbonyl (C=O) groups excluding carboxylic acids is 1. The monoisotopic (exact) mass is 347 g/mol. The molecule has 0 spiro atoms. The largest absolute Gasteiger partial charge is 0.338 e. The zero-order valence-electron chi connectivity index (χ0n) is 14.4. The topological polar surface area (TPSA) is 46.1 Å². The summed E-state index contributed by atoms with van der Waals surface area (Å²) in [5.41, 5.74) is 4.42. The molecule has 1 aliphatic rings. The van der Waals surface area contributed by atoms with Gasteiger partial charge in [-0.05, 0) is 24.3 Å². The van der Waals surface area contributed by atoms with E-state index in [1.165, 1.54) is 12.1 Å². The third-order valence-corrected chi connectivity index (χ3v) is 4.66. The number of fused-ring (bicyclic) bond motifs is 1. The summed E-state index contributed by atoms with van der Waals surface area (Å²) in [6, 6.07) is 16.1. The van der Waals surface area contributed by atoms with E-state index < -0.39 is 0 Å². The summed E-state index contributed by atoms with van der Waals surface area (Å²) in [6.07, 6.45) is 0.686. The van der Waals surface area contributed by atoms with Gasteiger partial charge in [0.1, 0.15) is 5.82 Å². The van der Waals surface area contributed by atoms with Gasteiger partial charge in [0.15, 0.2) is 5.82 Å². The highest BCUT2D eigenvalue weighted by atomic mass is 19.1. The third kappa shape index (κ3) is 3.08. The van der Waals surface area contributed by atoms with Crippen molar-refractivity contribution in [3.05, 3.63) is 71.7 Å². The smallest absolute Gasteiger partial charge is 0.219 e. The average Bonchev–Trinajstić information content (AvgIpc) is 2.68. The highest BCUT2D eigenvalue weighted by molar-refractivity contribution is 5.75. The summed E-state index contributed by atoms with van der Waals surface area (Å²) in [6.45, 7) is 2.70. The van der Waals surface area contributed by atoms with Gasteiger partial charge in [0.25, 0.3) is 0 Å². The molecule has 3 aromatic rings. The molecule has 4 nitrogen and oxygen atoms in total. The molecule has 0 bridgehead atoms. The Morgan fingerprint density at radius 2 is 1.73 bits per heavy atom. The van der Waals surface area contributed by atoms with Gasteiger partial charge < -0.3 is 4.90 Å². The van der Waals surface area contributed by atoms with Gasteiger partial charge in [-0.1, -0.05) is 30.3 Å². The standard InChI is InChI=1S/C21H18FN3O/c1-14(26)25-12-11-19-18(13-25)20(15-7-9-17(22)10-8-15)24-21(23-19)16-5-3-2-4-6-16/h2-10H,11-13H2,1H3. The summed E-state index contributed by atoms with van der Waals surface area (Å²) < 4.78 is 13.4. The second-order valence-electron chi connectivity index (χ2n) is 6.38. The SMILES string of the molecule is CC(=O)N1CCc2nc(-c3ccccc3)nc(-c3ccc(F)cc3)c2C1. The van der Waals surface area contributed by atoms with Gasteiger partial charge in [-0.3, -0.25) is 4.79 Å². The first-order valence-electron chi connectivity index (χ1n) is 8.58. The van der Waals surface area contributed by atoms with E-state index in [9.17, 15) is 9.18 Å². The van der Waals surface area contributed by atoms with Crippen molar-refractivity contribution in [3.8, 4) is 22.6 Å². The van der Waals surface area contributed by atoms with Crippen molar-refractivity contribution >= 4 is 5.91 Å². The average molecular weight is 347 g/mol. The summed E-state index contributed by atoms with van der Waals surface area (Å²) in [5, 5.41) is 0. The molecule has 1 aromatic heterocycles. The highest BCUT2D eigenvalue weighted by Crippen LogP contribution is 2.30. The maximum atomic E-state index is 13.4. The number of nitrogens with zero attached hydrogens (tertiary/aromatic N) is 3. The lowest BCUT2D eigenvalue weighted by atomic mass is 9.98. The molecule has 4 rings (SSSR count). The summed E-state index contributed by atoms with van der Waals surface area (Å²) in [7, 11) is 0. The molecule has 26 heavy (non-hydrogen) atoms. The van der Waals surface area contributed by atoms with Crippen molar-refractivity contribution in [2.75, 3.05) is 6.54 Å². The maximum absolute atomic E-state index is 13.4. The predicted molar refractivity (Wildman–Crippen MR) is 97.7 cm³/mol. The van der Waals surface area contributed by atoms with Crippen LogP contribution < -0.4 is 0 Å². The van der Waals surface area contributed by atoms with Crippen molar-refractivity contribution in [2.24, 2.45) is 0 Å². The molecule has 0 N–H and O–H groups in total.